The van der Waals surface area contributed by atoms with Gasteiger partial charge in [0.05, 0.1) is 22.6 Å². The van der Waals surface area contributed by atoms with Crippen LogP contribution in [-0.4, -0.2) is 27.6 Å². The van der Waals surface area contributed by atoms with Gasteiger partial charge in [-0.1, -0.05) is 12.1 Å². The second-order valence-corrected chi connectivity index (χ2v) is 9.52. The van der Waals surface area contributed by atoms with E-state index in [9.17, 15) is 27.2 Å². The van der Waals surface area contributed by atoms with Crippen molar-refractivity contribution in [2.24, 2.45) is 11.3 Å². The molecule has 5 nitrogen and oxygen atoms in total. The number of benzene rings is 2. The van der Waals surface area contributed by atoms with Gasteiger partial charge < -0.3 is 15.0 Å². The third-order valence-corrected chi connectivity index (χ3v) is 7.15. The molecule has 2 N–H and O–H groups in total. The van der Waals surface area contributed by atoms with Gasteiger partial charge in [0.2, 0.25) is 0 Å². The summed E-state index contributed by atoms with van der Waals surface area (Å²) in [7, 11) is 0. The number of nitrogens with zero attached hydrogens (tertiary/aromatic N) is 1. The summed E-state index contributed by atoms with van der Waals surface area (Å²) < 4.78 is 54.6. The molecule has 0 atom stereocenters. The van der Waals surface area contributed by atoms with Crippen molar-refractivity contribution < 1.29 is 32.3 Å². The molecule has 0 unspecified atom stereocenters. The number of carboxylic acids is 1. The van der Waals surface area contributed by atoms with Crippen LogP contribution in [0.25, 0.3) is 10.9 Å². The van der Waals surface area contributed by atoms with Crippen LogP contribution in [0, 0.1) is 17.2 Å². The number of aromatic nitrogens is 1. The van der Waals surface area contributed by atoms with Crippen LogP contribution in [0.4, 0.5) is 17.6 Å². The molecule has 2 aliphatic carbocycles. The minimum absolute atomic E-state index is 0.00190. The van der Waals surface area contributed by atoms with Gasteiger partial charge in [0.25, 0.3) is 5.91 Å². The Labute approximate surface area is 192 Å². The number of carboxylic acid groups (broad SMARTS) is 1. The molecule has 0 aliphatic heterocycles. The Morgan fingerprint density at radius 3 is 2.32 bits per heavy atom. The Kier molecular flexibility index (Phi) is 5.18. The van der Waals surface area contributed by atoms with Crippen molar-refractivity contribution in [2.45, 2.75) is 44.4 Å². The highest BCUT2D eigenvalue weighted by Crippen LogP contribution is 2.58. The maximum Gasteiger partial charge on any atom is 0.416 e. The summed E-state index contributed by atoms with van der Waals surface area (Å²) in [5.41, 5.74) is 0.494. The van der Waals surface area contributed by atoms with Gasteiger partial charge in [0.1, 0.15) is 5.82 Å². The molecule has 0 radical (unpaired) electrons. The lowest BCUT2D eigenvalue weighted by Crippen LogP contribution is -2.57. The van der Waals surface area contributed by atoms with Crippen molar-refractivity contribution in [2.75, 3.05) is 0 Å². The molecule has 0 saturated heterocycles. The fourth-order valence-corrected chi connectivity index (χ4v) is 5.45. The number of carbonyl (C=O) groups excluding carboxylic acids is 1. The van der Waals surface area contributed by atoms with E-state index in [1.165, 1.54) is 24.3 Å². The predicted octanol–water partition coefficient (Wildman–Crippen LogP) is 5.22. The first-order chi connectivity index (χ1) is 16.0. The highest BCUT2D eigenvalue weighted by molar-refractivity contribution is 6.06. The average Bonchev–Trinajstić information content (AvgIpc) is 3.13. The van der Waals surface area contributed by atoms with Crippen LogP contribution in [0.2, 0.25) is 0 Å². The Bertz CT molecular complexity index is 1270. The highest BCUT2D eigenvalue weighted by atomic mass is 19.4. The summed E-state index contributed by atoms with van der Waals surface area (Å²) >= 11 is 0. The normalized spacial score (nSPS) is 24.0. The zero-order valence-electron chi connectivity index (χ0n) is 18.0. The molecule has 178 valence electrons. The SMILES string of the molecule is O=C(NC1CC2(C1)CC(C(=O)O)C2)c1ccc(F)c2ccn(Cc3ccc(C(F)(F)F)cc3)c12. The number of fused-ring (bicyclic) bond motifs is 1. The van der Waals surface area contributed by atoms with Crippen LogP contribution in [0.15, 0.2) is 48.7 Å². The van der Waals surface area contributed by atoms with Crippen LogP contribution >= 0.6 is 0 Å². The van der Waals surface area contributed by atoms with E-state index in [1.807, 2.05) is 0 Å². The third-order valence-electron chi connectivity index (χ3n) is 7.15. The Hall–Kier alpha value is -3.36. The number of aliphatic carboxylic acids is 1. The van der Waals surface area contributed by atoms with Gasteiger partial charge in [-0.2, -0.15) is 13.2 Å². The third kappa shape index (κ3) is 3.93. The number of rotatable bonds is 5. The Balaban J connectivity index is 1.33. The monoisotopic (exact) mass is 474 g/mol. The fraction of sp³-hybridized carbons (Fsp3) is 0.360. The maximum atomic E-state index is 14.4. The number of nitrogens with one attached hydrogen (secondary N) is 1. The van der Waals surface area contributed by atoms with Gasteiger partial charge >= 0.3 is 12.1 Å². The Morgan fingerprint density at radius 1 is 1.03 bits per heavy atom. The molecule has 1 spiro atoms. The van der Waals surface area contributed by atoms with E-state index in [0.29, 0.717) is 23.9 Å². The lowest BCUT2D eigenvalue weighted by Gasteiger charge is -2.56. The smallest absolute Gasteiger partial charge is 0.416 e. The van der Waals surface area contributed by atoms with Crippen LogP contribution in [0.5, 0.6) is 0 Å². The van der Waals surface area contributed by atoms with E-state index in [-0.39, 0.29) is 40.8 Å². The summed E-state index contributed by atoms with van der Waals surface area (Å²) in [6, 6.07) is 8.84. The lowest BCUT2D eigenvalue weighted by atomic mass is 9.50. The molecule has 2 aliphatic rings. The largest absolute Gasteiger partial charge is 0.481 e. The van der Waals surface area contributed by atoms with Crippen molar-refractivity contribution in [3.8, 4) is 0 Å². The molecule has 1 amide bonds. The summed E-state index contributed by atoms with van der Waals surface area (Å²) in [6.07, 6.45) is -0.113. The van der Waals surface area contributed by atoms with E-state index in [2.05, 4.69) is 5.32 Å². The topological polar surface area (TPSA) is 71.3 Å². The zero-order chi connectivity index (χ0) is 24.3. The molecular formula is C25H22F4N2O3. The van der Waals surface area contributed by atoms with Crippen molar-refractivity contribution >= 4 is 22.8 Å². The van der Waals surface area contributed by atoms with Crippen molar-refractivity contribution in [1.82, 2.24) is 9.88 Å². The van der Waals surface area contributed by atoms with Crippen molar-refractivity contribution in [1.29, 1.82) is 0 Å². The summed E-state index contributed by atoms with van der Waals surface area (Å²) in [6.45, 7) is 0.175. The quantitative estimate of drug-likeness (QED) is 0.498. The predicted molar refractivity (Wildman–Crippen MR) is 116 cm³/mol. The molecule has 2 aromatic carbocycles. The van der Waals surface area contributed by atoms with Crippen molar-refractivity contribution in [3.63, 3.8) is 0 Å². The summed E-state index contributed by atoms with van der Waals surface area (Å²) in [5.74, 6) is -1.93. The van der Waals surface area contributed by atoms with E-state index >= 15 is 0 Å². The fourth-order valence-electron chi connectivity index (χ4n) is 5.45. The number of alkyl halides is 3. The molecule has 34 heavy (non-hydrogen) atoms. The molecule has 2 fully saturated rings. The van der Waals surface area contributed by atoms with Crippen LogP contribution in [0.1, 0.15) is 47.2 Å². The first-order valence-corrected chi connectivity index (χ1v) is 11.0. The number of hydrogen-bond acceptors (Lipinski definition) is 2. The highest BCUT2D eigenvalue weighted by Gasteiger charge is 2.55. The number of halogens is 4. The van der Waals surface area contributed by atoms with E-state index < -0.39 is 23.5 Å². The van der Waals surface area contributed by atoms with Gasteiger partial charge in [-0.05, 0) is 67.0 Å². The maximum absolute atomic E-state index is 14.4. The minimum atomic E-state index is -4.43. The molecular weight excluding hydrogens is 452 g/mol. The Morgan fingerprint density at radius 2 is 1.71 bits per heavy atom. The summed E-state index contributed by atoms with van der Waals surface area (Å²) in [4.78, 5) is 24.1. The van der Waals surface area contributed by atoms with Crippen LogP contribution < -0.4 is 5.32 Å². The number of hydrogen-bond donors (Lipinski definition) is 2. The minimum Gasteiger partial charge on any atom is -0.481 e. The van der Waals surface area contributed by atoms with Gasteiger partial charge in [0.15, 0.2) is 0 Å². The van der Waals surface area contributed by atoms with Gasteiger partial charge in [-0.15, -0.1) is 0 Å². The zero-order valence-corrected chi connectivity index (χ0v) is 18.0. The van der Waals surface area contributed by atoms with Gasteiger partial charge in [-0.3, -0.25) is 9.59 Å². The van der Waals surface area contributed by atoms with Crippen LogP contribution in [-0.2, 0) is 17.5 Å². The molecule has 9 heteroatoms. The first-order valence-electron chi connectivity index (χ1n) is 11.0. The van der Waals surface area contributed by atoms with Crippen molar-refractivity contribution in [3.05, 3.63) is 71.2 Å². The standard InChI is InChI=1S/C25H22F4N2O3/c26-20-6-5-19(22(32)30-17-11-24(12-17)9-15(10-24)23(33)34)21-18(20)7-8-31(21)13-14-1-3-16(4-2-14)25(27,28)29/h1-8,15,17H,9-13H2,(H,30,32)(H,33,34). The van der Waals surface area contributed by atoms with E-state index in [0.717, 1.165) is 25.0 Å². The average molecular weight is 474 g/mol. The van der Waals surface area contributed by atoms with Gasteiger partial charge in [-0.25, -0.2) is 4.39 Å². The number of amides is 1. The van der Waals surface area contributed by atoms with Crippen LogP contribution in [0.3, 0.4) is 0 Å². The van der Waals surface area contributed by atoms with E-state index in [4.69, 9.17) is 5.11 Å². The molecule has 3 aromatic rings. The van der Waals surface area contributed by atoms with E-state index in [1.54, 1.807) is 16.8 Å². The number of carbonyl (C=O) groups is 2. The molecule has 1 heterocycles. The summed E-state index contributed by atoms with van der Waals surface area (Å²) in [5, 5.41) is 12.3. The second kappa shape index (κ2) is 7.85. The molecule has 0 bridgehead atoms. The molecule has 1 aromatic heterocycles. The first kappa shape index (κ1) is 22.4. The lowest BCUT2D eigenvalue weighted by molar-refractivity contribution is -0.155. The molecule has 5 rings (SSSR count). The van der Waals surface area contributed by atoms with Gasteiger partial charge in [0, 0.05) is 24.2 Å². The molecule has 2 saturated carbocycles. The second-order valence-electron chi connectivity index (χ2n) is 9.52.